The molecule has 9 heteroatoms. The molecule has 9 nitrogen and oxygen atoms in total. The predicted octanol–water partition coefficient (Wildman–Crippen LogP) is -0.919. The highest BCUT2D eigenvalue weighted by atomic mass is 17.0. The molecule has 1 aromatic carbocycles. The van der Waals surface area contributed by atoms with Gasteiger partial charge < -0.3 is 29.6 Å². The third kappa shape index (κ3) is 3.58. The average molecular weight is 301 g/mol. The van der Waals surface area contributed by atoms with Crippen LogP contribution in [-0.4, -0.2) is 57.7 Å². The van der Waals surface area contributed by atoms with Crippen molar-refractivity contribution in [2.75, 3.05) is 6.61 Å². The molecule has 1 saturated heterocycles. The molecule has 1 aliphatic rings. The molecule has 0 aromatic heterocycles. The SMILES string of the molecule is O=[N+]([O-])O[C@H]1C(O)O[C@H](CO)[C@H](O)[C@@H]1Oc1ccccc1. The van der Waals surface area contributed by atoms with Crippen LogP contribution in [0.15, 0.2) is 30.3 Å². The van der Waals surface area contributed by atoms with Crippen LogP contribution in [0, 0.1) is 10.1 Å². The second-order valence-electron chi connectivity index (χ2n) is 4.43. The fourth-order valence-corrected chi connectivity index (χ4v) is 2.06. The minimum Gasteiger partial charge on any atom is -0.485 e. The van der Waals surface area contributed by atoms with E-state index in [2.05, 4.69) is 4.84 Å². The largest absolute Gasteiger partial charge is 0.485 e. The van der Waals surface area contributed by atoms with E-state index in [9.17, 15) is 20.3 Å². The summed E-state index contributed by atoms with van der Waals surface area (Å²) in [4.78, 5) is 14.8. The molecular weight excluding hydrogens is 286 g/mol. The second-order valence-corrected chi connectivity index (χ2v) is 4.43. The highest BCUT2D eigenvalue weighted by Gasteiger charge is 2.48. The number of aliphatic hydroxyl groups excluding tert-OH is 3. The fourth-order valence-electron chi connectivity index (χ4n) is 2.06. The normalized spacial score (nSPS) is 32.4. The lowest BCUT2D eigenvalue weighted by atomic mass is 9.99. The number of rotatable bonds is 5. The molecule has 0 radical (unpaired) electrons. The maximum Gasteiger partial charge on any atom is 0.295 e. The van der Waals surface area contributed by atoms with E-state index in [-0.39, 0.29) is 0 Å². The Kier molecular flexibility index (Phi) is 4.91. The Morgan fingerprint density at radius 2 is 1.90 bits per heavy atom. The van der Waals surface area contributed by atoms with E-state index < -0.39 is 42.4 Å². The third-order valence-electron chi connectivity index (χ3n) is 3.04. The first kappa shape index (κ1) is 15.4. The molecule has 1 aliphatic heterocycles. The lowest BCUT2D eigenvalue weighted by Gasteiger charge is -2.40. The topological polar surface area (TPSA) is 132 Å². The Hall–Kier alpha value is -1.94. The van der Waals surface area contributed by atoms with Crippen molar-refractivity contribution >= 4 is 0 Å². The Bertz CT molecular complexity index is 470. The molecule has 3 N–H and O–H groups in total. The van der Waals surface area contributed by atoms with Crippen LogP contribution in [0.3, 0.4) is 0 Å². The summed E-state index contributed by atoms with van der Waals surface area (Å²) in [7, 11) is 0. The molecule has 0 spiro atoms. The highest BCUT2D eigenvalue weighted by molar-refractivity contribution is 5.21. The zero-order valence-electron chi connectivity index (χ0n) is 10.8. The molecule has 0 bridgehead atoms. The average Bonchev–Trinajstić information content (AvgIpc) is 2.47. The van der Waals surface area contributed by atoms with Crippen molar-refractivity contribution in [3.05, 3.63) is 40.4 Å². The van der Waals surface area contributed by atoms with Crippen molar-refractivity contribution < 1.29 is 34.7 Å². The van der Waals surface area contributed by atoms with E-state index in [4.69, 9.17) is 14.6 Å². The quantitative estimate of drug-likeness (QED) is 0.470. The Labute approximate surface area is 119 Å². The van der Waals surface area contributed by atoms with Gasteiger partial charge in [0.2, 0.25) is 0 Å². The summed E-state index contributed by atoms with van der Waals surface area (Å²) >= 11 is 0. The van der Waals surface area contributed by atoms with Crippen molar-refractivity contribution in [1.82, 2.24) is 0 Å². The first-order chi connectivity index (χ1) is 10.0. The predicted molar refractivity (Wildman–Crippen MR) is 66.7 cm³/mol. The maximum absolute atomic E-state index is 10.5. The van der Waals surface area contributed by atoms with E-state index in [1.165, 1.54) is 0 Å². The summed E-state index contributed by atoms with van der Waals surface area (Å²) in [5.41, 5.74) is 0. The van der Waals surface area contributed by atoms with E-state index in [0.717, 1.165) is 0 Å². The van der Waals surface area contributed by atoms with Crippen molar-refractivity contribution in [3.8, 4) is 5.75 Å². The minimum absolute atomic E-state index is 0.323. The maximum atomic E-state index is 10.5. The van der Waals surface area contributed by atoms with Gasteiger partial charge in [-0.15, -0.1) is 10.1 Å². The molecule has 1 unspecified atom stereocenters. The van der Waals surface area contributed by atoms with Gasteiger partial charge in [-0.2, -0.15) is 0 Å². The van der Waals surface area contributed by atoms with E-state index in [0.29, 0.717) is 5.75 Å². The number of hydrogen-bond acceptors (Lipinski definition) is 8. The van der Waals surface area contributed by atoms with Crippen LogP contribution in [-0.2, 0) is 9.57 Å². The van der Waals surface area contributed by atoms with Gasteiger partial charge in [-0.25, -0.2) is 0 Å². The van der Waals surface area contributed by atoms with Crippen LogP contribution in [0.1, 0.15) is 0 Å². The monoisotopic (exact) mass is 301 g/mol. The summed E-state index contributed by atoms with van der Waals surface area (Å²) in [5, 5.41) is 38.3. The molecule has 5 atom stereocenters. The Morgan fingerprint density at radius 1 is 1.24 bits per heavy atom. The Balaban J connectivity index is 2.22. The van der Waals surface area contributed by atoms with Gasteiger partial charge in [0.05, 0.1) is 6.61 Å². The number of benzene rings is 1. The van der Waals surface area contributed by atoms with Crippen molar-refractivity contribution in [3.63, 3.8) is 0 Å². The van der Waals surface area contributed by atoms with E-state index in [1.807, 2.05) is 0 Å². The summed E-state index contributed by atoms with van der Waals surface area (Å²) in [6.07, 6.45) is -7.09. The lowest BCUT2D eigenvalue weighted by molar-refractivity contribution is -0.776. The summed E-state index contributed by atoms with van der Waals surface area (Å²) in [5.74, 6) is 0.323. The number of para-hydroxylation sites is 1. The lowest BCUT2D eigenvalue weighted by Crippen LogP contribution is -2.61. The number of hydrogen-bond donors (Lipinski definition) is 3. The van der Waals surface area contributed by atoms with Gasteiger partial charge in [-0.1, -0.05) is 18.2 Å². The first-order valence-corrected chi connectivity index (χ1v) is 6.18. The number of nitrogens with zero attached hydrogens (tertiary/aromatic N) is 1. The van der Waals surface area contributed by atoms with Gasteiger partial charge in [0, 0.05) is 0 Å². The number of ether oxygens (including phenoxy) is 2. The van der Waals surface area contributed by atoms with Gasteiger partial charge in [-0.05, 0) is 12.1 Å². The summed E-state index contributed by atoms with van der Waals surface area (Å²) < 4.78 is 10.3. The third-order valence-corrected chi connectivity index (χ3v) is 3.04. The summed E-state index contributed by atoms with van der Waals surface area (Å²) in [6, 6.07) is 8.23. The van der Waals surface area contributed by atoms with Crippen LogP contribution in [0.25, 0.3) is 0 Å². The molecule has 2 rings (SSSR count). The van der Waals surface area contributed by atoms with Gasteiger partial charge in [-0.3, -0.25) is 0 Å². The smallest absolute Gasteiger partial charge is 0.295 e. The molecule has 1 fully saturated rings. The zero-order chi connectivity index (χ0) is 15.4. The summed E-state index contributed by atoms with van der Waals surface area (Å²) in [6.45, 7) is -0.585. The zero-order valence-corrected chi connectivity index (χ0v) is 10.8. The van der Waals surface area contributed by atoms with Crippen LogP contribution in [0.5, 0.6) is 5.75 Å². The molecule has 0 aliphatic carbocycles. The molecule has 1 heterocycles. The molecular formula is C12H15NO8. The first-order valence-electron chi connectivity index (χ1n) is 6.18. The van der Waals surface area contributed by atoms with Crippen LogP contribution in [0.4, 0.5) is 0 Å². The molecule has 1 aromatic rings. The molecule has 116 valence electrons. The highest BCUT2D eigenvalue weighted by Crippen LogP contribution is 2.26. The number of aliphatic hydroxyl groups is 3. The van der Waals surface area contributed by atoms with Gasteiger partial charge in [0.15, 0.2) is 18.5 Å². The Morgan fingerprint density at radius 3 is 2.48 bits per heavy atom. The van der Waals surface area contributed by atoms with Crippen LogP contribution >= 0.6 is 0 Å². The second kappa shape index (κ2) is 6.68. The molecule has 0 saturated carbocycles. The van der Waals surface area contributed by atoms with Gasteiger partial charge in [0.25, 0.3) is 5.09 Å². The fraction of sp³-hybridized carbons (Fsp3) is 0.500. The van der Waals surface area contributed by atoms with Crippen LogP contribution < -0.4 is 4.74 Å². The van der Waals surface area contributed by atoms with E-state index >= 15 is 0 Å². The minimum atomic E-state index is -1.72. The molecule has 0 amide bonds. The van der Waals surface area contributed by atoms with Crippen LogP contribution in [0.2, 0.25) is 0 Å². The molecule has 21 heavy (non-hydrogen) atoms. The standard InChI is InChI=1S/C12H15NO8/c14-6-8-9(15)10(19-7-4-2-1-3-5-7)11(12(16)20-8)21-13(17)18/h1-5,8-12,14-16H,6H2/t8-,9+,10+,11-,12?/m1/s1. The van der Waals surface area contributed by atoms with Crippen molar-refractivity contribution in [2.45, 2.75) is 30.7 Å². The van der Waals surface area contributed by atoms with Crippen molar-refractivity contribution in [2.24, 2.45) is 0 Å². The van der Waals surface area contributed by atoms with Crippen molar-refractivity contribution in [1.29, 1.82) is 0 Å². The van der Waals surface area contributed by atoms with Gasteiger partial charge in [0.1, 0.15) is 18.0 Å². The van der Waals surface area contributed by atoms with E-state index in [1.54, 1.807) is 30.3 Å². The van der Waals surface area contributed by atoms with Gasteiger partial charge >= 0.3 is 0 Å².